The van der Waals surface area contributed by atoms with E-state index in [1.807, 2.05) is 35.9 Å². The lowest BCUT2D eigenvalue weighted by Crippen LogP contribution is -2.40. The maximum Gasteiger partial charge on any atom is 0.219 e. The topological polar surface area (TPSA) is 73.2 Å². The van der Waals surface area contributed by atoms with Crippen LogP contribution < -0.4 is 15.4 Å². The zero-order chi connectivity index (χ0) is 22.1. The lowest BCUT2D eigenvalue weighted by atomic mass is 10.2. The number of nitrogens with one attached hydrogen (secondary N) is 2. The van der Waals surface area contributed by atoms with Crippen LogP contribution in [-0.4, -0.2) is 33.8 Å². The molecule has 32 heavy (non-hydrogen) atoms. The van der Waals surface area contributed by atoms with Gasteiger partial charge in [-0.05, 0) is 42.0 Å². The van der Waals surface area contributed by atoms with Crippen LogP contribution in [0, 0.1) is 0 Å². The van der Waals surface area contributed by atoms with Gasteiger partial charge in [0.05, 0.1) is 35.3 Å². The smallest absolute Gasteiger partial charge is 0.219 e. The first-order valence-corrected chi connectivity index (χ1v) is 10.9. The van der Waals surface area contributed by atoms with Crippen LogP contribution in [0.3, 0.4) is 0 Å². The van der Waals surface area contributed by atoms with Gasteiger partial charge < -0.3 is 24.7 Å². The van der Waals surface area contributed by atoms with Crippen LogP contribution in [0.1, 0.15) is 5.56 Å². The van der Waals surface area contributed by atoms with E-state index in [0.717, 1.165) is 41.4 Å². The van der Waals surface area contributed by atoms with Gasteiger partial charge in [-0.2, -0.15) is 0 Å². The number of aromatic nitrogens is 3. The number of fused-ring (bicyclic) bond motifs is 1. The van der Waals surface area contributed by atoms with Crippen molar-refractivity contribution in [2.45, 2.75) is 12.6 Å². The summed E-state index contributed by atoms with van der Waals surface area (Å²) in [6.45, 7) is 2.02. The fourth-order valence-electron chi connectivity index (χ4n) is 3.44. The van der Waals surface area contributed by atoms with Crippen LogP contribution >= 0.6 is 23.2 Å². The molecule has 1 aliphatic rings. The molecule has 9 heteroatoms. The van der Waals surface area contributed by atoms with Gasteiger partial charge in [-0.15, -0.1) is 0 Å². The maximum atomic E-state index is 6.49. The minimum Gasteiger partial charge on any atom is -0.439 e. The summed E-state index contributed by atoms with van der Waals surface area (Å²) in [5, 5.41) is 8.00. The van der Waals surface area contributed by atoms with Crippen LogP contribution in [0.2, 0.25) is 10.0 Å². The summed E-state index contributed by atoms with van der Waals surface area (Å²) in [5.41, 5.74) is 3.97. The predicted octanol–water partition coefficient (Wildman–Crippen LogP) is 5.49. The molecular formula is C23H21Cl2N5O2. The van der Waals surface area contributed by atoms with E-state index in [9.17, 15) is 0 Å². The Bertz CT molecular complexity index is 1260. The second kappa shape index (κ2) is 8.86. The first-order valence-electron chi connectivity index (χ1n) is 10.2. The molecule has 2 N–H and O–H groups in total. The van der Waals surface area contributed by atoms with E-state index < -0.39 is 0 Å². The average Bonchev–Trinajstić information content (AvgIpc) is 3.07. The fourth-order valence-corrected chi connectivity index (χ4v) is 3.79. The first-order chi connectivity index (χ1) is 15.5. The largest absolute Gasteiger partial charge is 0.439 e. The van der Waals surface area contributed by atoms with Crippen LogP contribution in [0.5, 0.6) is 11.6 Å². The van der Waals surface area contributed by atoms with Crippen LogP contribution in [0.25, 0.3) is 11.0 Å². The summed E-state index contributed by atoms with van der Waals surface area (Å²) in [4.78, 5) is 8.84. The summed E-state index contributed by atoms with van der Waals surface area (Å²) in [6, 6.07) is 15.5. The molecule has 2 aromatic carbocycles. The molecule has 0 saturated carbocycles. The lowest BCUT2D eigenvalue weighted by molar-refractivity contribution is 0.0211. The minimum absolute atomic E-state index is 0.378. The molecule has 0 amide bonds. The number of nitrogens with zero attached hydrogens (tertiary/aromatic N) is 3. The highest BCUT2D eigenvalue weighted by Gasteiger charge is 2.18. The van der Waals surface area contributed by atoms with Crippen molar-refractivity contribution in [2.75, 3.05) is 23.8 Å². The van der Waals surface area contributed by atoms with E-state index in [2.05, 4.69) is 21.7 Å². The molecule has 4 aromatic rings. The zero-order valence-electron chi connectivity index (χ0n) is 17.3. The molecule has 1 saturated heterocycles. The Morgan fingerprint density at radius 2 is 2.00 bits per heavy atom. The third-order valence-electron chi connectivity index (χ3n) is 5.27. The van der Waals surface area contributed by atoms with Gasteiger partial charge in [-0.25, -0.2) is 9.97 Å². The molecule has 1 aliphatic heterocycles. The molecule has 2 aromatic heterocycles. The van der Waals surface area contributed by atoms with Gasteiger partial charge in [0.25, 0.3) is 0 Å². The summed E-state index contributed by atoms with van der Waals surface area (Å²) in [7, 11) is 1.99. The molecular weight excluding hydrogens is 449 g/mol. The number of hydrogen-bond donors (Lipinski definition) is 2. The summed E-state index contributed by atoms with van der Waals surface area (Å²) >= 11 is 12.3. The second-order valence-electron chi connectivity index (χ2n) is 7.60. The van der Waals surface area contributed by atoms with E-state index in [-0.39, 0.29) is 0 Å². The number of benzene rings is 2. The van der Waals surface area contributed by atoms with Gasteiger partial charge >= 0.3 is 0 Å². The minimum atomic E-state index is 0.378. The highest BCUT2D eigenvalue weighted by atomic mass is 35.5. The Hall–Kier alpha value is -3.00. The fraction of sp³-hybridized carbons (Fsp3) is 0.217. The van der Waals surface area contributed by atoms with E-state index in [1.165, 1.54) is 6.20 Å². The summed E-state index contributed by atoms with van der Waals surface area (Å²) < 4.78 is 13.0. The average molecular weight is 470 g/mol. The van der Waals surface area contributed by atoms with Gasteiger partial charge in [-0.3, -0.25) is 0 Å². The van der Waals surface area contributed by atoms with Crippen molar-refractivity contribution >= 4 is 45.9 Å². The monoisotopic (exact) mass is 469 g/mol. The molecule has 0 radical (unpaired) electrons. The number of aryl methyl sites for hydroxylation is 1. The predicted molar refractivity (Wildman–Crippen MR) is 127 cm³/mol. The standard InChI is InChI=1S/C23H21Cl2N5O2/c1-30-21-8-16(28-17-12-31-13-17)4-6-20(21)29-23(30)27-10-14-2-5-18(9-19(14)25)32-22-7-3-15(24)11-26-22/h2-9,11,17,28H,10,12-13H2,1H3,(H,27,29). The number of ether oxygens (including phenoxy) is 2. The third kappa shape index (κ3) is 4.46. The Balaban J connectivity index is 1.27. The second-order valence-corrected chi connectivity index (χ2v) is 8.44. The van der Waals surface area contributed by atoms with E-state index in [1.54, 1.807) is 18.2 Å². The highest BCUT2D eigenvalue weighted by molar-refractivity contribution is 6.31. The molecule has 164 valence electrons. The number of pyridine rings is 1. The van der Waals surface area contributed by atoms with Crippen molar-refractivity contribution in [1.82, 2.24) is 14.5 Å². The van der Waals surface area contributed by atoms with Crippen molar-refractivity contribution in [3.63, 3.8) is 0 Å². The lowest BCUT2D eigenvalue weighted by Gasteiger charge is -2.27. The number of rotatable bonds is 7. The van der Waals surface area contributed by atoms with Crippen molar-refractivity contribution in [3.05, 3.63) is 70.3 Å². The van der Waals surface area contributed by atoms with Crippen molar-refractivity contribution in [2.24, 2.45) is 7.05 Å². The van der Waals surface area contributed by atoms with Crippen LogP contribution in [0.4, 0.5) is 11.6 Å². The SMILES string of the molecule is Cn1c(NCc2ccc(Oc3ccc(Cl)cn3)cc2Cl)nc2ccc(NC3COC3)cc21. The summed E-state index contributed by atoms with van der Waals surface area (Å²) in [6.07, 6.45) is 1.54. The number of imidazole rings is 1. The van der Waals surface area contributed by atoms with Crippen molar-refractivity contribution < 1.29 is 9.47 Å². The quantitative estimate of drug-likeness (QED) is 0.372. The Labute approximate surface area is 195 Å². The first kappa shape index (κ1) is 20.9. The van der Waals surface area contributed by atoms with Crippen LogP contribution in [0.15, 0.2) is 54.7 Å². The van der Waals surface area contributed by atoms with E-state index in [0.29, 0.717) is 34.3 Å². The molecule has 1 fully saturated rings. The molecule has 0 atom stereocenters. The zero-order valence-corrected chi connectivity index (χ0v) is 18.8. The van der Waals surface area contributed by atoms with Crippen LogP contribution in [-0.2, 0) is 18.3 Å². The molecule has 0 bridgehead atoms. The van der Waals surface area contributed by atoms with Gasteiger partial charge in [0.1, 0.15) is 5.75 Å². The molecule has 0 aliphatic carbocycles. The molecule has 5 rings (SSSR count). The number of hydrogen-bond acceptors (Lipinski definition) is 6. The van der Waals surface area contributed by atoms with Gasteiger partial charge in [0.2, 0.25) is 11.8 Å². The molecule has 7 nitrogen and oxygen atoms in total. The maximum absolute atomic E-state index is 6.49. The normalized spacial score (nSPS) is 13.7. The Morgan fingerprint density at radius 3 is 2.72 bits per heavy atom. The van der Waals surface area contributed by atoms with Crippen molar-refractivity contribution in [1.29, 1.82) is 0 Å². The molecule has 0 unspecified atom stereocenters. The molecule has 0 spiro atoms. The highest BCUT2D eigenvalue weighted by Crippen LogP contribution is 2.28. The Morgan fingerprint density at radius 1 is 1.12 bits per heavy atom. The van der Waals surface area contributed by atoms with E-state index >= 15 is 0 Å². The van der Waals surface area contributed by atoms with Gasteiger partial charge in [0.15, 0.2) is 0 Å². The van der Waals surface area contributed by atoms with Gasteiger partial charge in [0, 0.05) is 36.6 Å². The Kier molecular flexibility index (Phi) is 5.78. The van der Waals surface area contributed by atoms with Crippen molar-refractivity contribution in [3.8, 4) is 11.6 Å². The third-order valence-corrected chi connectivity index (χ3v) is 5.85. The number of anilines is 2. The van der Waals surface area contributed by atoms with E-state index in [4.69, 9.17) is 37.7 Å². The van der Waals surface area contributed by atoms with Gasteiger partial charge in [-0.1, -0.05) is 29.3 Å². The number of halogens is 2. The summed E-state index contributed by atoms with van der Waals surface area (Å²) in [5.74, 6) is 1.83. The molecule has 3 heterocycles.